The van der Waals surface area contributed by atoms with Crippen LogP contribution >= 0.6 is 0 Å². The summed E-state index contributed by atoms with van der Waals surface area (Å²) in [4.78, 5) is 35.8. The van der Waals surface area contributed by atoms with E-state index in [4.69, 9.17) is 5.11 Å². The molecule has 7 heteroatoms. The van der Waals surface area contributed by atoms with Crippen molar-refractivity contribution in [1.82, 2.24) is 4.90 Å². The van der Waals surface area contributed by atoms with Gasteiger partial charge in [0, 0.05) is 25.4 Å². The third kappa shape index (κ3) is 3.70. The van der Waals surface area contributed by atoms with Crippen LogP contribution in [-0.2, 0) is 14.4 Å². The van der Waals surface area contributed by atoms with E-state index in [9.17, 15) is 14.4 Å². The van der Waals surface area contributed by atoms with Crippen LogP contribution in [0.1, 0.15) is 6.92 Å². The molecule has 1 aliphatic heterocycles. The number of hydrogen-bond acceptors (Lipinski definition) is 4. The number of aliphatic carboxylic acids is 1. The Morgan fingerprint density at radius 2 is 1.87 bits per heavy atom. The van der Waals surface area contributed by atoms with Gasteiger partial charge in [0.25, 0.3) is 11.8 Å². The molecule has 0 saturated heterocycles. The zero-order valence-corrected chi connectivity index (χ0v) is 12.6. The lowest BCUT2D eigenvalue weighted by Crippen LogP contribution is -2.25. The van der Waals surface area contributed by atoms with Crippen molar-refractivity contribution in [2.45, 2.75) is 6.92 Å². The molecule has 0 aliphatic carbocycles. The molecule has 0 saturated carbocycles. The van der Waals surface area contributed by atoms with E-state index in [-0.39, 0.29) is 11.5 Å². The molecule has 1 aromatic carbocycles. The van der Waals surface area contributed by atoms with Crippen LogP contribution in [0.15, 0.2) is 59.4 Å². The molecule has 1 aliphatic rings. The molecule has 1 N–H and O–H groups in total. The van der Waals surface area contributed by atoms with E-state index in [2.05, 4.69) is 5.10 Å². The molecular weight excluding hydrogens is 298 g/mol. The Balaban J connectivity index is 2.21. The number of nitrogens with zero attached hydrogens (tertiary/aromatic N) is 3. The largest absolute Gasteiger partial charge is 0.478 e. The van der Waals surface area contributed by atoms with Crippen LogP contribution < -0.4 is 5.01 Å². The molecule has 2 amide bonds. The van der Waals surface area contributed by atoms with Gasteiger partial charge in [-0.2, -0.15) is 10.1 Å². The van der Waals surface area contributed by atoms with Crippen LogP contribution in [0.25, 0.3) is 0 Å². The maximum Gasteiger partial charge on any atom is 0.328 e. The van der Waals surface area contributed by atoms with E-state index >= 15 is 0 Å². The van der Waals surface area contributed by atoms with E-state index in [0.717, 1.165) is 17.1 Å². The summed E-state index contributed by atoms with van der Waals surface area (Å²) in [5, 5.41) is 14.0. The lowest BCUT2D eigenvalue weighted by atomic mass is 10.2. The number of benzene rings is 1. The summed E-state index contributed by atoms with van der Waals surface area (Å²) in [6.07, 6.45) is 3.00. The number of carbonyl (C=O) groups excluding carboxylic acids is 2. The Kier molecular flexibility index (Phi) is 4.70. The average molecular weight is 313 g/mol. The summed E-state index contributed by atoms with van der Waals surface area (Å²) in [5.41, 5.74) is 1.37. The first kappa shape index (κ1) is 16.2. The third-order valence-corrected chi connectivity index (χ3v) is 3.10. The van der Waals surface area contributed by atoms with Gasteiger partial charge in [-0.25, -0.2) is 4.79 Å². The first-order valence-corrected chi connectivity index (χ1v) is 6.75. The molecule has 118 valence electrons. The molecule has 7 nitrogen and oxygen atoms in total. The van der Waals surface area contributed by atoms with Crippen LogP contribution in [0.4, 0.5) is 5.69 Å². The number of para-hydroxylation sites is 1. The molecule has 0 aromatic heterocycles. The van der Waals surface area contributed by atoms with Gasteiger partial charge in [-0.3, -0.25) is 9.59 Å². The van der Waals surface area contributed by atoms with Gasteiger partial charge in [0.1, 0.15) is 0 Å². The van der Waals surface area contributed by atoms with Gasteiger partial charge in [0.05, 0.1) is 17.0 Å². The van der Waals surface area contributed by atoms with Crippen molar-refractivity contribution in [3.8, 4) is 0 Å². The predicted octanol–water partition coefficient (Wildman–Crippen LogP) is 1.39. The number of carbonyl (C=O) groups is 3. The highest BCUT2D eigenvalue weighted by molar-refractivity contribution is 6.29. The fourth-order valence-electron chi connectivity index (χ4n) is 1.93. The normalized spacial score (nSPS) is 16.1. The number of hydrazone groups is 1. The predicted molar refractivity (Wildman–Crippen MR) is 84.7 cm³/mol. The lowest BCUT2D eigenvalue weighted by molar-refractivity contribution is -0.132. The number of carboxylic acid groups (broad SMARTS) is 1. The maximum atomic E-state index is 12.4. The zero-order valence-electron chi connectivity index (χ0n) is 12.6. The van der Waals surface area contributed by atoms with Gasteiger partial charge in [-0.15, -0.1) is 0 Å². The fourth-order valence-corrected chi connectivity index (χ4v) is 1.93. The fraction of sp³-hybridized carbons (Fsp3) is 0.125. The van der Waals surface area contributed by atoms with Gasteiger partial charge in [0.15, 0.2) is 0 Å². The van der Waals surface area contributed by atoms with Crippen LogP contribution in [-0.4, -0.2) is 40.5 Å². The van der Waals surface area contributed by atoms with Crippen molar-refractivity contribution in [3.63, 3.8) is 0 Å². The molecular formula is C16H15N3O4. The Labute approximate surface area is 132 Å². The van der Waals surface area contributed by atoms with E-state index < -0.39 is 11.9 Å². The monoisotopic (exact) mass is 313 g/mol. The quantitative estimate of drug-likeness (QED) is 0.851. The molecule has 1 heterocycles. The van der Waals surface area contributed by atoms with Crippen LogP contribution in [0.3, 0.4) is 0 Å². The Hall–Kier alpha value is -3.22. The summed E-state index contributed by atoms with van der Waals surface area (Å²) in [6, 6.07) is 8.92. The number of hydrogen-bond donors (Lipinski definition) is 1. The topological polar surface area (TPSA) is 90.3 Å². The SMILES string of the molecule is CC1=NN(c2ccccc2)C(=O)/C1=C\N(C)C(=O)/C=C/C(=O)O. The minimum absolute atomic E-state index is 0.272. The summed E-state index contributed by atoms with van der Waals surface area (Å²) in [6.45, 7) is 1.66. The Bertz CT molecular complexity index is 735. The summed E-state index contributed by atoms with van der Waals surface area (Å²) in [7, 11) is 1.44. The third-order valence-electron chi connectivity index (χ3n) is 3.10. The van der Waals surface area contributed by atoms with Gasteiger partial charge in [-0.1, -0.05) is 18.2 Å². The number of likely N-dealkylation sites (N-methyl/N-ethyl adjacent to an activating group) is 1. The van der Waals surface area contributed by atoms with Crippen LogP contribution in [0, 0.1) is 0 Å². The molecule has 0 unspecified atom stereocenters. The first-order valence-electron chi connectivity index (χ1n) is 6.75. The first-order chi connectivity index (χ1) is 10.9. The van der Waals surface area contributed by atoms with Crippen molar-refractivity contribution in [3.05, 3.63) is 54.3 Å². The number of amides is 2. The van der Waals surface area contributed by atoms with Crippen molar-refractivity contribution in [2.24, 2.45) is 5.10 Å². The molecule has 0 bridgehead atoms. The Morgan fingerprint density at radius 1 is 1.22 bits per heavy atom. The highest BCUT2D eigenvalue weighted by atomic mass is 16.4. The number of carboxylic acids is 1. The molecule has 2 rings (SSSR count). The lowest BCUT2D eigenvalue weighted by Gasteiger charge is -2.13. The van der Waals surface area contributed by atoms with Crippen molar-refractivity contribution in [1.29, 1.82) is 0 Å². The van der Waals surface area contributed by atoms with E-state index in [1.54, 1.807) is 31.2 Å². The van der Waals surface area contributed by atoms with E-state index in [1.807, 2.05) is 6.07 Å². The second-order valence-electron chi connectivity index (χ2n) is 4.80. The van der Waals surface area contributed by atoms with Gasteiger partial charge >= 0.3 is 5.97 Å². The smallest absolute Gasteiger partial charge is 0.328 e. The molecule has 0 fully saturated rings. The Morgan fingerprint density at radius 3 is 2.48 bits per heavy atom. The standard InChI is InChI=1S/C16H15N3O4/c1-11-13(10-18(2)14(20)8-9-15(21)22)16(23)19(17-11)12-6-4-3-5-7-12/h3-10H,1-2H3,(H,21,22)/b9-8+,13-10-. The van der Waals surface area contributed by atoms with Gasteiger partial charge < -0.3 is 10.0 Å². The maximum absolute atomic E-state index is 12.4. The summed E-state index contributed by atoms with van der Waals surface area (Å²) in [5.74, 6) is -2.13. The minimum atomic E-state index is -1.22. The molecule has 0 spiro atoms. The van der Waals surface area contributed by atoms with Gasteiger partial charge in [0.2, 0.25) is 0 Å². The second-order valence-corrected chi connectivity index (χ2v) is 4.80. The van der Waals surface area contributed by atoms with E-state index in [0.29, 0.717) is 11.4 Å². The molecule has 23 heavy (non-hydrogen) atoms. The van der Waals surface area contributed by atoms with Crippen LogP contribution in [0.2, 0.25) is 0 Å². The number of anilines is 1. The second kappa shape index (κ2) is 6.69. The molecule has 1 aromatic rings. The number of rotatable bonds is 4. The summed E-state index contributed by atoms with van der Waals surface area (Å²) >= 11 is 0. The summed E-state index contributed by atoms with van der Waals surface area (Å²) < 4.78 is 0. The molecule has 0 atom stereocenters. The van der Waals surface area contributed by atoms with E-state index in [1.165, 1.54) is 18.3 Å². The van der Waals surface area contributed by atoms with Crippen molar-refractivity contribution in [2.75, 3.05) is 12.1 Å². The zero-order chi connectivity index (χ0) is 17.0. The van der Waals surface area contributed by atoms with Crippen LogP contribution in [0.5, 0.6) is 0 Å². The highest BCUT2D eigenvalue weighted by Gasteiger charge is 2.29. The minimum Gasteiger partial charge on any atom is -0.478 e. The van der Waals surface area contributed by atoms with Crippen molar-refractivity contribution >= 4 is 29.2 Å². The molecule has 0 radical (unpaired) electrons. The van der Waals surface area contributed by atoms with Gasteiger partial charge in [-0.05, 0) is 19.1 Å². The van der Waals surface area contributed by atoms with Crippen molar-refractivity contribution < 1.29 is 19.5 Å². The average Bonchev–Trinajstić information content (AvgIpc) is 2.81. The highest BCUT2D eigenvalue weighted by Crippen LogP contribution is 2.23.